The van der Waals surface area contributed by atoms with Gasteiger partial charge in [0.2, 0.25) is 5.91 Å². The molecule has 1 aromatic rings. The quantitative estimate of drug-likeness (QED) is 0.626. The van der Waals surface area contributed by atoms with Gasteiger partial charge in [0, 0.05) is 11.8 Å². The molecule has 18 heavy (non-hydrogen) atoms. The monoisotopic (exact) mass is 259 g/mol. The third-order valence-electron chi connectivity index (χ3n) is 2.66. The van der Waals surface area contributed by atoms with Crippen molar-refractivity contribution in [3.8, 4) is 0 Å². The predicted molar refractivity (Wildman–Crippen MR) is 80.9 cm³/mol. The van der Waals surface area contributed by atoms with E-state index in [1.165, 1.54) is 5.56 Å². The fourth-order valence-corrected chi connectivity index (χ4v) is 2.81. The third kappa shape index (κ3) is 3.64. The molecular weight excluding hydrogens is 242 g/mol. The fraction of sp³-hybridized carbons (Fsp3) is 0.133. The van der Waals surface area contributed by atoms with Crippen LogP contribution < -0.4 is 5.32 Å². The Morgan fingerprint density at radius 1 is 1.22 bits per heavy atom. The highest BCUT2D eigenvalue weighted by atomic mass is 32.2. The number of allylic oxidation sites excluding steroid dienone is 2. The van der Waals surface area contributed by atoms with Gasteiger partial charge in [-0.1, -0.05) is 31.2 Å². The molecule has 0 saturated carbocycles. The Labute approximate surface area is 110 Å². The Balaban J connectivity index is 1.90. The summed E-state index contributed by atoms with van der Waals surface area (Å²) in [5.74, 6) is -0.0737. The number of amides is 1. The summed E-state index contributed by atoms with van der Waals surface area (Å²) in [6.45, 7) is 2.11. The molecule has 0 aliphatic carbocycles. The van der Waals surface area contributed by atoms with Crippen molar-refractivity contribution < 1.29 is 4.79 Å². The maximum atomic E-state index is 11.7. The zero-order valence-electron chi connectivity index (χ0n) is 10.3. The summed E-state index contributed by atoms with van der Waals surface area (Å²) in [5.41, 5.74) is 2.11. The molecule has 0 bridgehead atoms. The number of benzene rings is 1. The average molecular weight is 259 g/mol. The highest BCUT2D eigenvalue weighted by Crippen LogP contribution is 2.33. The smallest absolute Gasteiger partial charge is 0.248 e. The van der Waals surface area contributed by atoms with Crippen LogP contribution in [0.5, 0.6) is 0 Å². The van der Waals surface area contributed by atoms with Gasteiger partial charge >= 0.3 is 0 Å². The first-order chi connectivity index (χ1) is 8.78. The maximum absolute atomic E-state index is 11.7. The molecule has 1 amide bonds. The summed E-state index contributed by atoms with van der Waals surface area (Å²) in [6, 6.07) is 7.94. The number of anilines is 1. The summed E-state index contributed by atoms with van der Waals surface area (Å²) in [5, 5.41) is 9.02. The number of hydrogen-bond donors (Lipinski definition) is 2. The van der Waals surface area contributed by atoms with Crippen LogP contribution in [0.4, 0.5) is 5.69 Å². The van der Waals surface area contributed by atoms with Gasteiger partial charge in [0.25, 0.3) is 0 Å². The number of thiol groups is 1. The summed E-state index contributed by atoms with van der Waals surface area (Å²) in [7, 11) is -0.363. The van der Waals surface area contributed by atoms with Gasteiger partial charge in [-0.05, 0) is 40.3 Å². The van der Waals surface area contributed by atoms with Crippen molar-refractivity contribution in [3.63, 3.8) is 0 Å². The number of carbonyl (C=O) groups excluding carboxylic acids is 1. The van der Waals surface area contributed by atoms with Crippen LogP contribution in [-0.4, -0.2) is 5.91 Å². The second-order valence-electron chi connectivity index (χ2n) is 3.99. The Kier molecular flexibility index (Phi) is 4.42. The lowest BCUT2D eigenvalue weighted by molar-refractivity contribution is -0.111. The van der Waals surface area contributed by atoms with E-state index >= 15 is 0 Å². The van der Waals surface area contributed by atoms with Crippen molar-refractivity contribution in [2.45, 2.75) is 13.3 Å². The highest BCUT2D eigenvalue weighted by molar-refractivity contribution is 8.24. The van der Waals surface area contributed by atoms with E-state index in [-0.39, 0.29) is 16.8 Å². The molecule has 0 atom stereocenters. The topological polar surface area (TPSA) is 29.1 Å². The van der Waals surface area contributed by atoms with Crippen LogP contribution in [-0.2, 0) is 11.2 Å². The second kappa shape index (κ2) is 6.26. The molecule has 2 rings (SSSR count). The molecule has 1 heterocycles. The molecule has 1 aliphatic heterocycles. The highest BCUT2D eigenvalue weighted by Gasteiger charge is 1.99. The van der Waals surface area contributed by atoms with Gasteiger partial charge in [-0.2, -0.15) is 10.9 Å². The summed E-state index contributed by atoms with van der Waals surface area (Å²) >= 11 is 0. The van der Waals surface area contributed by atoms with E-state index < -0.39 is 0 Å². The fourth-order valence-electron chi connectivity index (χ4n) is 1.61. The summed E-state index contributed by atoms with van der Waals surface area (Å²) in [4.78, 5) is 11.7. The van der Waals surface area contributed by atoms with Gasteiger partial charge in [-0.3, -0.25) is 4.79 Å². The first-order valence-corrected chi connectivity index (χ1v) is 7.53. The van der Waals surface area contributed by atoms with Crippen LogP contribution in [0.25, 0.3) is 0 Å². The maximum Gasteiger partial charge on any atom is 0.248 e. The van der Waals surface area contributed by atoms with E-state index in [0.29, 0.717) is 0 Å². The number of hydrogen-bond acceptors (Lipinski definition) is 1. The minimum atomic E-state index is -0.363. The standard InChI is InChI=1S/C15H17NOS/c1-2-13-5-7-14(8-6-13)16-15(17)9-12-18-10-3-4-11-18/h3-12,18H,2H2,1H3,(H,16,17). The van der Waals surface area contributed by atoms with Crippen molar-refractivity contribution in [2.24, 2.45) is 0 Å². The molecule has 0 spiro atoms. The number of nitrogens with one attached hydrogen (secondary N) is 1. The van der Waals surface area contributed by atoms with Crippen LogP contribution in [0.3, 0.4) is 0 Å². The Hall–Kier alpha value is -1.74. The Morgan fingerprint density at radius 3 is 2.50 bits per heavy atom. The van der Waals surface area contributed by atoms with E-state index in [1.54, 1.807) is 6.08 Å². The predicted octanol–water partition coefficient (Wildman–Crippen LogP) is 3.74. The van der Waals surface area contributed by atoms with Gasteiger partial charge in [-0.15, -0.1) is 0 Å². The SMILES string of the molecule is CCc1ccc(NC(=O)C=C[SH]2C=CC=C2)cc1. The zero-order valence-corrected chi connectivity index (χ0v) is 11.2. The van der Waals surface area contributed by atoms with Gasteiger partial charge in [-0.25, -0.2) is 0 Å². The molecular formula is C15H17NOS. The van der Waals surface area contributed by atoms with Crippen molar-refractivity contribution in [1.29, 1.82) is 0 Å². The van der Waals surface area contributed by atoms with Crippen LogP contribution in [0.15, 0.2) is 58.7 Å². The van der Waals surface area contributed by atoms with E-state index in [1.807, 2.05) is 41.8 Å². The minimum Gasteiger partial charge on any atom is -0.322 e. The van der Waals surface area contributed by atoms with Crippen LogP contribution in [0, 0.1) is 0 Å². The largest absolute Gasteiger partial charge is 0.322 e. The van der Waals surface area contributed by atoms with E-state index in [4.69, 9.17) is 0 Å². The van der Waals surface area contributed by atoms with Crippen LogP contribution >= 0.6 is 10.9 Å². The molecule has 0 saturated heterocycles. The number of carbonyl (C=O) groups is 1. The molecule has 3 heteroatoms. The Bertz CT molecular complexity index is 488. The molecule has 1 aliphatic rings. The molecule has 0 radical (unpaired) electrons. The molecule has 0 fully saturated rings. The summed E-state index contributed by atoms with van der Waals surface area (Å²) in [6.07, 6.45) is 6.64. The third-order valence-corrected chi connectivity index (χ3v) is 4.18. The molecule has 1 N–H and O–H groups in total. The van der Waals surface area contributed by atoms with Gasteiger partial charge in [0.05, 0.1) is 0 Å². The van der Waals surface area contributed by atoms with Crippen molar-refractivity contribution in [3.05, 3.63) is 64.3 Å². The molecule has 0 unspecified atom stereocenters. The van der Waals surface area contributed by atoms with E-state index in [0.717, 1.165) is 12.1 Å². The van der Waals surface area contributed by atoms with Crippen LogP contribution in [0.2, 0.25) is 0 Å². The average Bonchev–Trinajstić information content (AvgIpc) is 2.90. The normalized spacial score (nSPS) is 15.5. The van der Waals surface area contributed by atoms with Crippen molar-refractivity contribution >= 4 is 22.5 Å². The molecule has 1 aromatic carbocycles. The van der Waals surface area contributed by atoms with Gasteiger partial charge < -0.3 is 5.32 Å². The molecule has 94 valence electrons. The Morgan fingerprint density at radius 2 is 1.89 bits per heavy atom. The molecule has 0 aromatic heterocycles. The molecule has 2 nitrogen and oxygen atoms in total. The van der Waals surface area contributed by atoms with Gasteiger partial charge in [0.1, 0.15) is 0 Å². The minimum absolute atomic E-state index is 0.0737. The van der Waals surface area contributed by atoms with E-state index in [9.17, 15) is 4.79 Å². The zero-order chi connectivity index (χ0) is 12.8. The number of aryl methyl sites for hydroxylation is 1. The van der Waals surface area contributed by atoms with Crippen molar-refractivity contribution in [1.82, 2.24) is 0 Å². The van der Waals surface area contributed by atoms with Gasteiger partial charge in [0.15, 0.2) is 0 Å². The second-order valence-corrected chi connectivity index (χ2v) is 5.77. The van der Waals surface area contributed by atoms with E-state index in [2.05, 4.69) is 23.1 Å². The number of rotatable bonds is 4. The first-order valence-electron chi connectivity index (χ1n) is 5.98. The lowest BCUT2D eigenvalue weighted by Gasteiger charge is -2.04. The lowest BCUT2D eigenvalue weighted by atomic mass is 10.1. The van der Waals surface area contributed by atoms with Crippen LogP contribution in [0.1, 0.15) is 12.5 Å². The first kappa shape index (κ1) is 12.7. The lowest BCUT2D eigenvalue weighted by Crippen LogP contribution is -2.07. The van der Waals surface area contributed by atoms with Crippen molar-refractivity contribution in [2.75, 3.05) is 5.32 Å². The summed E-state index contributed by atoms with van der Waals surface area (Å²) < 4.78 is 0.